The zero-order valence-electron chi connectivity index (χ0n) is 21.7. The molecule has 0 bridgehead atoms. The van der Waals surface area contributed by atoms with E-state index in [1.54, 1.807) is 0 Å². The first-order valence-corrected chi connectivity index (χ1v) is 14.5. The topological polar surface area (TPSA) is 75.6 Å². The van der Waals surface area contributed by atoms with E-state index in [1.165, 1.54) is 51.4 Å². The maximum absolute atomic E-state index is 12.5. The summed E-state index contributed by atoms with van der Waals surface area (Å²) in [6, 6.07) is 0.872. The summed E-state index contributed by atoms with van der Waals surface area (Å²) in [5.41, 5.74) is -0.145. The predicted octanol–water partition coefficient (Wildman–Crippen LogP) is 5.95. The summed E-state index contributed by atoms with van der Waals surface area (Å²) in [6.07, 6.45) is 15.5. The fourth-order valence-corrected chi connectivity index (χ4v) is 10.0. The van der Waals surface area contributed by atoms with Crippen LogP contribution in [0.3, 0.4) is 0 Å². The average molecular weight is 474 g/mol. The van der Waals surface area contributed by atoms with E-state index < -0.39 is 5.97 Å². The predicted molar refractivity (Wildman–Crippen MR) is 132 cm³/mol. The lowest BCUT2D eigenvalue weighted by Crippen LogP contribution is -2.66. The van der Waals surface area contributed by atoms with Crippen molar-refractivity contribution in [2.24, 2.45) is 40.4 Å². The third-order valence-corrected chi connectivity index (χ3v) is 11.6. The van der Waals surface area contributed by atoms with E-state index in [-0.39, 0.29) is 28.8 Å². The molecule has 0 aliphatic heterocycles. The molecule has 0 heterocycles. The van der Waals surface area contributed by atoms with Crippen LogP contribution in [0.15, 0.2) is 0 Å². The lowest BCUT2D eigenvalue weighted by atomic mass is 9.43. The lowest BCUT2D eigenvalue weighted by molar-refractivity contribution is -0.199. The highest BCUT2D eigenvalue weighted by Crippen LogP contribution is 2.67. The van der Waals surface area contributed by atoms with Crippen molar-refractivity contribution < 1.29 is 19.4 Å². The van der Waals surface area contributed by atoms with Gasteiger partial charge >= 0.3 is 11.9 Å². The highest BCUT2D eigenvalue weighted by Gasteiger charge is 2.66. The van der Waals surface area contributed by atoms with Gasteiger partial charge in [-0.1, -0.05) is 40.0 Å². The molecule has 34 heavy (non-hydrogen) atoms. The molecular formula is C29H47NO4. The van der Waals surface area contributed by atoms with Gasteiger partial charge < -0.3 is 15.2 Å². The first-order chi connectivity index (χ1) is 16.3. The third kappa shape index (κ3) is 3.92. The summed E-state index contributed by atoms with van der Waals surface area (Å²) in [6.45, 7) is 6.67. The minimum atomic E-state index is -0.591. The van der Waals surface area contributed by atoms with Gasteiger partial charge in [0.1, 0.15) is 6.10 Å². The maximum atomic E-state index is 12.5. The number of carbonyl (C=O) groups is 2. The van der Waals surface area contributed by atoms with Crippen molar-refractivity contribution in [1.82, 2.24) is 5.32 Å². The SMILES string of the molecule is CCC(=O)OC1CCC[C@@H]2CC[C@@H]3[C@H]([C@H](NC4CCCCC4)C[C@]4(C)[C@@H](C(=O)O)CC[C@@H]34)[C@@]12C. The van der Waals surface area contributed by atoms with Gasteiger partial charge in [0, 0.05) is 23.9 Å². The fraction of sp³-hybridized carbons (Fsp3) is 0.931. The molecule has 9 atom stereocenters. The Morgan fingerprint density at radius 3 is 2.41 bits per heavy atom. The number of fused-ring (bicyclic) bond motifs is 5. The van der Waals surface area contributed by atoms with E-state index >= 15 is 0 Å². The second-order valence-electron chi connectivity index (χ2n) is 13.0. The van der Waals surface area contributed by atoms with E-state index in [4.69, 9.17) is 4.74 Å². The van der Waals surface area contributed by atoms with E-state index in [9.17, 15) is 14.7 Å². The van der Waals surface area contributed by atoms with Crippen LogP contribution < -0.4 is 5.32 Å². The number of aliphatic carboxylic acids is 1. The van der Waals surface area contributed by atoms with Crippen molar-refractivity contribution in [3.05, 3.63) is 0 Å². The molecule has 5 fully saturated rings. The van der Waals surface area contributed by atoms with Crippen LogP contribution in [0.4, 0.5) is 0 Å². The summed E-state index contributed by atoms with van der Waals surface area (Å²) in [5.74, 6) is 1.21. The van der Waals surface area contributed by atoms with Crippen LogP contribution in [0.1, 0.15) is 111 Å². The zero-order chi connectivity index (χ0) is 24.1. The molecule has 0 aromatic heterocycles. The Hall–Kier alpha value is -1.10. The van der Waals surface area contributed by atoms with Crippen molar-refractivity contribution in [1.29, 1.82) is 0 Å². The molecule has 5 rings (SSSR count). The second kappa shape index (κ2) is 9.41. The van der Waals surface area contributed by atoms with E-state index in [0.717, 1.165) is 32.1 Å². The Balaban J connectivity index is 1.53. The number of ether oxygens (including phenoxy) is 1. The second-order valence-corrected chi connectivity index (χ2v) is 13.0. The Morgan fingerprint density at radius 1 is 0.941 bits per heavy atom. The highest BCUT2D eigenvalue weighted by molar-refractivity contribution is 5.71. The quantitative estimate of drug-likeness (QED) is 0.482. The standard InChI is InChI=1S/C29H47NO4/c1-4-25(31)34-24-12-8-9-18-13-14-20-21-15-16-22(27(32)33)28(21,2)17-23(26(20)29(18,24)3)30-19-10-6-5-7-11-19/h18-24,26,30H,4-17H2,1-3H3,(H,32,33)/t18-,20+,21+,22-,23-,24?,26-,28+,29-/m1/s1. The van der Waals surface area contributed by atoms with Crippen LogP contribution in [0.2, 0.25) is 0 Å². The van der Waals surface area contributed by atoms with Gasteiger partial charge in [-0.05, 0) is 93.3 Å². The van der Waals surface area contributed by atoms with Crippen LogP contribution >= 0.6 is 0 Å². The van der Waals surface area contributed by atoms with Gasteiger partial charge in [0.2, 0.25) is 0 Å². The number of hydrogen-bond donors (Lipinski definition) is 2. The molecule has 0 radical (unpaired) electrons. The molecule has 192 valence electrons. The maximum Gasteiger partial charge on any atom is 0.307 e. The summed E-state index contributed by atoms with van der Waals surface area (Å²) in [7, 11) is 0. The molecule has 2 N–H and O–H groups in total. The summed E-state index contributed by atoms with van der Waals surface area (Å²) < 4.78 is 6.24. The largest absolute Gasteiger partial charge is 0.481 e. The molecule has 5 nitrogen and oxygen atoms in total. The molecule has 0 aromatic carbocycles. The molecule has 0 aromatic rings. The van der Waals surface area contributed by atoms with Gasteiger partial charge in [-0.15, -0.1) is 0 Å². The van der Waals surface area contributed by atoms with E-state index in [0.29, 0.717) is 42.2 Å². The normalized spacial score (nSPS) is 46.7. The summed E-state index contributed by atoms with van der Waals surface area (Å²) in [4.78, 5) is 24.8. The van der Waals surface area contributed by atoms with Crippen LogP contribution in [0.5, 0.6) is 0 Å². The monoisotopic (exact) mass is 473 g/mol. The van der Waals surface area contributed by atoms with Gasteiger partial charge in [-0.25, -0.2) is 0 Å². The number of esters is 1. The van der Waals surface area contributed by atoms with Gasteiger partial charge in [0.25, 0.3) is 0 Å². The summed E-state index contributed by atoms with van der Waals surface area (Å²) >= 11 is 0. The van der Waals surface area contributed by atoms with Crippen molar-refractivity contribution in [3.63, 3.8) is 0 Å². The van der Waals surface area contributed by atoms with Crippen molar-refractivity contribution in [2.45, 2.75) is 129 Å². The van der Waals surface area contributed by atoms with E-state index in [2.05, 4.69) is 19.2 Å². The van der Waals surface area contributed by atoms with Gasteiger partial charge in [-0.2, -0.15) is 0 Å². The number of carboxylic acids is 1. The van der Waals surface area contributed by atoms with Gasteiger partial charge in [0.15, 0.2) is 0 Å². The van der Waals surface area contributed by atoms with Crippen LogP contribution in [-0.2, 0) is 14.3 Å². The smallest absolute Gasteiger partial charge is 0.307 e. The third-order valence-electron chi connectivity index (χ3n) is 11.6. The average Bonchev–Trinajstić information content (AvgIpc) is 3.17. The lowest BCUT2D eigenvalue weighted by Gasteiger charge is -2.64. The Labute approximate surface area is 206 Å². The Kier molecular flexibility index (Phi) is 6.80. The molecule has 1 unspecified atom stereocenters. The molecule has 5 aliphatic carbocycles. The fourth-order valence-electron chi connectivity index (χ4n) is 10.0. The Bertz CT molecular complexity index is 778. The van der Waals surface area contributed by atoms with Crippen molar-refractivity contribution >= 4 is 11.9 Å². The van der Waals surface area contributed by atoms with Crippen LogP contribution in [0.25, 0.3) is 0 Å². The zero-order valence-corrected chi connectivity index (χ0v) is 21.7. The molecule has 5 heteroatoms. The summed E-state index contributed by atoms with van der Waals surface area (Å²) in [5, 5.41) is 14.3. The van der Waals surface area contributed by atoms with Crippen LogP contribution in [-0.4, -0.2) is 35.2 Å². The van der Waals surface area contributed by atoms with E-state index in [1.807, 2.05) is 6.92 Å². The van der Waals surface area contributed by atoms with Crippen molar-refractivity contribution in [3.8, 4) is 0 Å². The minimum Gasteiger partial charge on any atom is -0.481 e. The molecule has 5 aliphatic rings. The number of hydrogen-bond acceptors (Lipinski definition) is 4. The first-order valence-electron chi connectivity index (χ1n) is 14.5. The first kappa shape index (κ1) is 24.6. The molecular weight excluding hydrogens is 426 g/mol. The molecule has 0 spiro atoms. The van der Waals surface area contributed by atoms with Gasteiger partial charge in [-0.3, -0.25) is 9.59 Å². The Morgan fingerprint density at radius 2 is 1.71 bits per heavy atom. The minimum absolute atomic E-state index is 0.00295. The number of carbonyl (C=O) groups excluding carboxylic acids is 1. The molecule has 0 amide bonds. The number of nitrogens with one attached hydrogen (secondary N) is 1. The molecule has 5 saturated carbocycles. The molecule has 0 saturated heterocycles. The number of rotatable bonds is 5. The highest BCUT2D eigenvalue weighted by atomic mass is 16.5. The van der Waals surface area contributed by atoms with Crippen molar-refractivity contribution in [2.75, 3.05) is 0 Å². The number of carboxylic acid groups (broad SMARTS) is 1. The van der Waals surface area contributed by atoms with Gasteiger partial charge in [0.05, 0.1) is 5.92 Å². The van der Waals surface area contributed by atoms with Crippen LogP contribution in [0, 0.1) is 40.4 Å².